The molecule has 0 aliphatic carbocycles. The molecule has 0 bridgehead atoms. The fourth-order valence-corrected chi connectivity index (χ4v) is 5.40. The molecule has 0 saturated carbocycles. The molecule has 0 spiro atoms. The Kier molecular flexibility index (Phi) is 7.12. The van der Waals surface area contributed by atoms with Crippen LogP contribution in [0.1, 0.15) is 24.2 Å². The first-order chi connectivity index (χ1) is 19.0. The number of aromatic nitrogens is 3. The maximum atomic E-state index is 14.4. The van der Waals surface area contributed by atoms with E-state index in [9.17, 15) is 14.0 Å². The van der Waals surface area contributed by atoms with Crippen LogP contribution in [0.2, 0.25) is 0 Å². The van der Waals surface area contributed by atoms with Gasteiger partial charge in [-0.1, -0.05) is 0 Å². The third-order valence-electron chi connectivity index (χ3n) is 6.73. The number of hydrogen-bond acceptors (Lipinski definition) is 10. The Labute approximate surface area is 228 Å². The molecule has 3 aliphatic rings. The summed E-state index contributed by atoms with van der Waals surface area (Å²) < 4.78 is 25.2. The number of nitrogens with one attached hydrogen (secondary N) is 2. The zero-order valence-electron chi connectivity index (χ0n) is 20.9. The molecule has 2 saturated heterocycles. The summed E-state index contributed by atoms with van der Waals surface area (Å²) in [4.78, 5) is 39.3. The van der Waals surface area contributed by atoms with Crippen LogP contribution in [0.4, 0.5) is 15.1 Å². The van der Waals surface area contributed by atoms with Gasteiger partial charge in [0.05, 0.1) is 22.0 Å². The van der Waals surface area contributed by atoms with Crippen LogP contribution in [0, 0.1) is 11.7 Å². The molecular formula is C27H25FN6O4S. The van der Waals surface area contributed by atoms with Crippen molar-refractivity contribution in [2.24, 2.45) is 5.92 Å². The monoisotopic (exact) mass is 548 g/mol. The van der Waals surface area contributed by atoms with Crippen molar-refractivity contribution in [3.63, 3.8) is 0 Å². The van der Waals surface area contributed by atoms with Gasteiger partial charge < -0.3 is 19.7 Å². The van der Waals surface area contributed by atoms with E-state index in [0.29, 0.717) is 51.9 Å². The number of hydrogen-bond donors (Lipinski definition) is 2. The normalized spacial score (nSPS) is 18.2. The highest BCUT2D eigenvalue weighted by Gasteiger charge is 2.26. The highest BCUT2D eigenvalue weighted by molar-refractivity contribution is 8.18. The molecule has 2 fully saturated rings. The van der Waals surface area contributed by atoms with Gasteiger partial charge in [0.2, 0.25) is 12.7 Å². The fourth-order valence-electron chi connectivity index (χ4n) is 4.74. The summed E-state index contributed by atoms with van der Waals surface area (Å²) in [6.07, 6.45) is 5.16. The van der Waals surface area contributed by atoms with Crippen molar-refractivity contribution in [3.8, 4) is 22.8 Å². The van der Waals surface area contributed by atoms with Crippen molar-refractivity contribution in [2.75, 3.05) is 31.3 Å². The van der Waals surface area contributed by atoms with E-state index >= 15 is 0 Å². The maximum Gasteiger partial charge on any atom is 0.290 e. The van der Waals surface area contributed by atoms with Crippen LogP contribution >= 0.6 is 11.8 Å². The van der Waals surface area contributed by atoms with Gasteiger partial charge in [-0.3, -0.25) is 19.9 Å². The van der Waals surface area contributed by atoms with Gasteiger partial charge in [-0.05, 0) is 73.5 Å². The summed E-state index contributed by atoms with van der Waals surface area (Å²) in [6.45, 7) is 3.03. The Morgan fingerprint density at radius 2 is 1.95 bits per heavy atom. The first kappa shape index (κ1) is 25.3. The van der Waals surface area contributed by atoms with Crippen LogP contribution in [0.3, 0.4) is 0 Å². The second kappa shape index (κ2) is 11.0. The number of carbonyl (C=O) groups is 2. The number of nitrogens with zero attached hydrogens (tertiary/aromatic N) is 4. The molecule has 2 aromatic heterocycles. The lowest BCUT2D eigenvalue weighted by Crippen LogP contribution is -2.38. The Balaban J connectivity index is 1.02. The highest BCUT2D eigenvalue weighted by atomic mass is 32.2. The molecule has 12 heteroatoms. The van der Waals surface area contributed by atoms with E-state index in [1.54, 1.807) is 18.3 Å². The van der Waals surface area contributed by atoms with Crippen molar-refractivity contribution >= 4 is 34.9 Å². The van der Waals surface area contributed by atoms with Crippen LogP contribution in [0.25, 0.3) is 17.3 Å². The minimum atomic E-state index is -0.406. The fraction of sp³-hybridized carbons (Fsp3) is 0.296. The van der Waals surface area contributed by atoms with E-state index in [1.807, 2.05) is 18.2 Å². The summed E-state index contributed by atoms with van der Waals surface area (Å²) in [5.41, 5.74) is 2.54. The molecule has 5 heterocycles. The highest BCUT2D eigenvalue weighted by Crippen LogP contribution is 2.35. The lowest BCUT2D eigenvalue weighted by molar-refractivity contribution is -0.115. The number of imide groups is 1. The van der Waals surface area contributed by atoms with Gasteiger partial charge >= 0.3 is 0 Å². The van der Waals surface area contributed by atoms with Gasteiger partial charge in [-0.15, -0.1) is 0 Å². The minimum Gasteiger partial charge on any atom is -0.454 e. The van der Waals surface area contributed by atoms with E-state index < -0.39 is 5.91 Å². The number of anilines is 1. The molecule has 200 valence electrons. The van der Waals surface area contributed by atoms with E-state index in [1.165, 1.54) is 12.1 Å². The molecule has 2 amide bonds. The summed E-state index contributed by atoms with van der Waals surface area (Å²) in [5.74, 6) is 1.63. The number of thioether (sulfide) groups is 1. The van der Waals surface area contributed by atoms with Crippen molar-refractivity contribution in [1.82, 2.24) is 25.6 Å². The average molecular weight is 549 g/mol. The lowest BCUT2D eigenvalue weighted by atomic mass is 9.97. The SMILES string of the molecule is O=C1NC(=O)/C(=C\c2ccnc(N3CCC(CNCc4cc(F)cc(-c5ccc6c(c5)OCO6)n4)CC3)n2)S1. The largest absolute Gasteiger partial charge is 0.454 e. The first-order valence-electron chi connectivity index (χ1n) is 12.6. The number of ether oxygens (including phenoxy) is 2. The maximum absolute atomic E-state index is 14.4. The second-order valence-electron chi connectivity index (χ2n) is 9.43. The van der Waals surface area contributed by atoms with Gasteiger partial charge in [0.15, 0.2) is 11.5 Å². The van der Waals surface area contributed by atoms with Gasteiger partial charge in [0.1, 0.15) is 5.82 Å². The van der Waals surface area contributed by atoms with Crippen LogP contribution in [-0.2, 0) is 11.3 Å². The molecule has 10 nitrogen and oxygen atoms in total. The molecule has 6 rings (SSSR count). The van der Waals surface area contributed by atoms with E-state index in [-0.39, 0.29) is 17.8 Å². The summed E-state index contributed by atoms with van der Waals surface area (Å²) in [6, 6.07) is 10.1. The van der Waals surface area contributed by atoms with Crippen molar-refractivity contribution in [3.05, 3.63) is 64.7 Å². The Morgan fingerprint density at radius 3 is 2.77 bits per heavy atom. The molecule has 3 aromatic rings. The smallest absolute Gasteiger partial charge is 0.290 e. The Morgan fingerprint density at radius 1 is 1.10 bits per heavy atom. The number of rotatable bonds is 7. The predicted octanol–water partition coefficient (Wildman–Crippen LogP) is 3.74. The number of carbonyl (C=O) groups excluding carboxylic acids is 2. The van der Waals surface area contributed by atoms with Gasteiger partial charge in [-0.2, -0.15) is 0 Å². The van der Waals surface area contributed by atoms with Crippen LogP contribution in [0.15, 0.2) is 47.5 Å². The van der Waals surface area contributed by atoms with Gasteiger partial charge in [-0.25, -0.2) is 14.4 Å². The van der Waals surface area contributed by atoms with E-state index in [4.69, 9.17) is 9.47 Å². The van der Waals surface area contributed by atoms with E-state index in [0.717, 1.165) is 49.8 Å². The molecule has 3 aliphatic heterocycles. The topological polar surface area (TPSA) is 119 Å². The number of piperidine rings is 1. The zero-order valence-corrected chi connectivity index (χ0v) is 21.7. The van der Waals surface area contributed by atoms with Crippen LogP contribution in [0.5, 0.6) is 11.5 Å². The molecular weight excluding hydrogens is 523 g/mol. The Bertz CT molecular complexity index is 1460. The third-order valence-corrected chi connectivity index (χ3v) is 7.54. The van der Waals surface area contributed by atoms with Gasteiger partial charge in [0.25, 0.3) is 11.1 Å². The number of benzene rings is 1. The summed E-state index contributed by atoms with van der Waals surface area (Å²) >= 11 is 0.866. The number of amides is 2. The quantitative estimate of drug-likeness (QED) is 0.423. The van der Waals surface area contributed by atoms with Crippen molar-refractivity contribution in [1.29, 1.82) is 0 Å². The number of halogens is 1. The Hall–Kier alpha value is -4.03. The second-order valence-corrected chi connectivity index (χ2v) is 10.4. The molecule has 2 N–H and O–H groups in total. The minimum absolute atomic E-state index is 0.184. The van der Waals surface area contributed by atoms with Gasteiger partial charge in [0, 0.05) is 37.5 Å². The molecule has 39 heavy (non-hydrogen) atoms. The molecule has 0 radical (unpaired) electrons. The van der Waals surface area contributed by atoms with Crippen LogP contribution in [-0.4, -0.2) is 52.5 Å². The van der Waals surface area contributed by atoms with Crippen molar-refractivity contribution in [2.45, 2.75) is 19.4 Å². The molecule has 1 aromatic carbocycles. The van der Waals surface area contributed by atoms with Crippen molar-refractivity contribution < 1.29 is 23.5 Å². The summed E-state index contributed by atoms with van der Waals surface area (Å²) in [7, 11) is 0. The number of fused-ring (bicyclic) bond motifs is 1. The zero-order chi connectivity index (χ0) is 26.8. The molecule has 0 atom stereocenters. The number of pyridine rings is 1. The average Bonchev–Trinajstić information content (AvgIpc) is 3.53. The lowest BCUT2D eigenvalue weighted by Gasteiger charge is -2.32. The summed E-state index contributed by atoms with van der Waals surface area (Å²) in [5, 5.41) is 5.30. The van der Waals surface area contributed by atoms with Crippen LogP contribution < -0.4 is 25.0 Å². The standard InChI is InChI=1S/C27H25FN6O4S/c28-18-10-20(31-21(11-18)17-1-2-22-23(9-17)38-15-37-22)14-29-13-16-4-7-34(8-5-16)26-30-6-3-19(32-26)12-24-25(35)33-27(36)39-24/h1-3,6,9-12,16,29H,4-5,7-8,13-15H2,(H,33,35,36)/b24-12+. The third kappa shape index (κ3) is 5.86. The predicted molar refractivity (Wildman–Crippen MR) is 144 cm³/mol. The van der Waals surface area contributed by atoms with E-state index in [2.05, 4.69) is 30.5 Å². The first-order valence-corrected chi connectivity index (χ1v) is 13.4. The molecule has 0 unspecified atom stereocenters.